The lowest BCUT2D eigenvalue weighted by atomic mass is 10.2. The van der Waals surface area contributed by atoms with Gasteiger partial charge >= 0.3 is 0 Å². The number of methoxy groups -OCH3 is 1. The maximum Gasteiger partial charge on any atom is 0.264 e. The molecule has 3 rings (SSSR count). The molecule has 1 aromatic heterocycles. The van der Waals surface area contributed by atoms with Crippen LogP contribution >= 0.6 is 34.7 Å². The molecule has 2 aromatic carbocycles. The van der Waals surface area contributed by atoms with Crippen molar-refractivity contribution in [3.63, 3.8) is 0 Å². The highest BCUT2D eigenvalue weighted by Gasteiger charge is 2.26. The fourth-order valence-electron chi connectivity index (χ4n) is 2.57. The van der Waals surface area contributed by atoms with Gasteiger partial charge in [-0.1, -0.05) is 36.7 Å². The fraction of sp³-hybridized carbons (Fsp3) is 0.263. The number of halogens is 1. The number of carbonyl (C=O) groups excluding carboxylic acids is 1. The van der Waals surface area contributed by atoms with Gasteiger partial charge in [0.05, 0.1) is 27.5 Å². The second-order valence-corrected chi connectivity index (χ2v) is 10.7. The van der Waals surface area contributed by atoms with Crippen molar-refractivity contribution in [2.75, 3.05) is 7.11 Å². The standard InChI is InChI=1S/C19H19ClN2O4S3/c1-3-4-17(28-19-21-15-11-12(20)5-10-16(15)27-19)18(23)22-29(24,25)14-8-6-13(26-2)7-9-14/h5-11,17H,3-4H2,1-2H3,(H,22,23). The number of fused-ring (bicyclic) bond motifs is 1. The molecular weight excluding hydrogens is 452 g/mol. The van der Waals surface area contributed by atoms with Gasteiger partial charge in [0.25, 0.3) is 10.0 Å². The highest BCUT2D eigenvalue weighted by atomic mass is 35.5. The largest absolute Gasteiger partial charge is 0.497 e. The average Bonchev–Trinajstić information content (AvgIpc) is 3.08. The first-order valence-electron chi connectivity index (χ1n) is 8.76. The number of carbonyl (C=O) groups is 1. The zero-order valence-electron chi connectivity index (χ0n) is 15.7. The van der Waals surface area contributed by atoms with Crippen LogP contribution in [-0.4, -0.2) is 31.7 Å². The van der Waals surface area contributed by atoms with Gasteiger partial charge in [0.1, 0.15) is 5.75 Å². The number of aromatic nitrogens is 1. The Labute approximate surface area is 182 Å². The molecule has 1 N–H and O–H groups in total. The van der Waals surface area contributed by atoms with Crippen LogP contribution < -0.4 is 9.46 Å². The number of hydrogen-bond donors (Lipinski definition) is 1. The predicted molar refractivity (Wildman–Crippen MR) is 118 cm³/mol. The Morgan fingerprint density at radius 2 is 2.00 bits per heavy atom. The van der Waals surface area contributed by atoms with E-state index < -0.39 is 21.2 Å². The molecular formula is C19H19ClN2O4S3. The summed E-state index contributed by atoms with van der Waals surface area (Å²) in [5.41, 5.74) is 0.756. The minimum atomic E-state index is -3.97. The lowest BCUT2D eigenvalue weighted by Gasteiger charge is -2.14. The van der Waals surface area contributed by atoms with Gasteiger partial charge in [-0.25, -0.2) is 18.1 Å². The van der Waals surface area contributed by atoms with Crippen molar-refractivity contribution >= 4 is 60.8 Å². The van der Waals surface area contributed by atoms with Gasteiger partial charge in [-0.3, -0.25) is 4.79 Å². The Bertz CT molecular complexity index is 1110. The molecule has 1 heterocycles. The minimum absolute atomic E-state index is 0.00141. The average molecular weight is 471 g/mol. The first-order chi connectivity index (χ1) is 13.8. The molecule has 1 amide bonds. The summed E-state index contributed by atoms with van der Waals surface area (Å²) in [6.45, 7) is 1.94. The van der Waals surface area contributed by atoms with E-state index in [9.17, 15) is 13.2 Å². The summed E-state index contributed by atoms with van der Waals surface area (Å²) < 4.78 is 34.0. The van der Waals surface area contributed by atoms with Crippen molar-refractivity contribution in [3.8, 4) is 5.75 Å². The summed E-state index contributed by atoms with van der Waals surface area (Å²) >= 11 is 8.71. The first-order valence-corrected chi connectivity index (χ1v) is 12.3. The number of nitrogens with one attached hydrogen (secondary N) is 1. The molecule has 0 radical (unpaired) electrons. The van der Waals surface area contributed by atoms with Gasteiger partial charge < -0.3 is 4.74 Å². The zero-order valence-corrected chi connectivity index (χ0v) is 18.9. The number of ether oxygens (including phenoxy) is 1. The Hall–Kier alpha value is -1.81. The van der Waals surface area contributed by atoms with Crippen LogP contribution in [0.5, 0.6) is 5.75 Å². The van der Waals surface area contributed by atoms with Gasteiger partial charge in [0, 0.05) is 5.02 Å². The molecule has 10 heteroatoms. The number of thioether (sulfide) groups is 1. The van der Waals surface area contributed by atoms with Crippen molar-refractivity contribution in [1.82, 2.24) is 9.71 Å². The van der Waals surface area contributed by atoms with Crippen LogP contribution in [0.3, 0.4) is 0 Å². The number of amides is 1. The third-order valence-electron chi connectivity index (χ3n) is 4.02. The third kappa shape index (κ3) is 5.42. The highest BCUT2D eigenvalue weighted by molar-refractivity contribution is 8.02. The molecule has 6 nitrogen and oxygen atoms in total. The first kappa shape index (κ1) is 21.9. The molecule has 0 aliphatic heterocycles. The molecule has 29 heavy (non-hydrogen) atoms. The highest BCUT2D eigenvalue weighted by Crippen LogP contribution is 2.34. The van der Waals surface area contributed by atoms with Gasteiger partial charge in [-0.05, 0) is 48.9 Å². The van der Waals surface area contributed by atoms with E-state index in [1.54, 1.807) is 12.1 Å². The molecule has 0 saturated heterocycles. The maximum absolute atomic E-state index is 12.7. The summed E-state index contributed by atoms with van der Waals surface area (Å²) in [5, 5.41) is 0.0110. The Morgan fingerprint density at radius 3 is 2.66 bits per heavy atom. The van der Waals surface area contributed by atoms with Crippen LogP contribution in [0.4, 0.5) is 0 Å². The summed E-state index contributed by atoms with van der Waals surface area (Å²) in [5.74, 6) is -0.0319. The topological polar surface area (TPSA) is 85.4 Å². The molecule has 154 valence electrons. The number of thiazole rings is 1. The van der Waals surface area contributed by atoms with E-state index in [2.05, 4.69) is 9.71 Å². The normalized spacial score (nSPS) is 12.7. The number of nitrogens with zero attached hydrogens (tertiary/aromatic N) is 1. The van der Waals surface area contributed by atoms with E-state index >= 15 is 0 Å². The summed E-state index contributed by atoms with van der Waals surface area (Å²) in [4.78, 5) is 17.2. The van der Waals surface area contributed by atoms with Crippen LogP contribution in [0, 0.1) is 0 Å². The molecule has 0 aliphatic carbocycles. The van der Waals surface area contributed by atoms with E-state index in [-0.39, 0.29) is 4.90 Å². The summed E-state index contributed by atoms with van der Waals surface area (Å²) in [6.07, 6.45) is 1.25. The van der Waals surface area contributed by atoms with Crippen molar-refractivity contribution in [3.05, 3.63) is 47.5 Å². The lowest BCUT2D eigenvalue weighted by Crippen LogP contribution is -2.37. The number of sulfonamides is 1. The van der Waals surface area contributed by atoms with Crippen LogP contribution in [0.15, 0.2) is 51.7 Å². The van der Waals surface area contributed by atoms with E-state index in [0.29, 0.717) is 21.5 Å². The van der Waals surface area contributed by atoms with Crippen LogP contribution in [0.2, 0.25) is 5.02 Å². The number of benzene rings is 2. The van der Waals surface area contributed by atoms with Crippen molar-refractivity contribution in [1.29, 1.82) is 0 Å². The lowest BCUT2D eigenvalue weighted by molar-refractivity contribution is -0.118. The van der Waals surface area contributed by atoms with Crippen molar-refractivity contribution in [2.45, 2.75) is 34.3 Å². The zero-order chi connectivity index (χ0) is 21.0. The van der Waals surface area contributed by atoms with Crippen molar-refractivity contribution in [2.24, 2.45) is 0 Å². The fourth-order valence-corrected chi connectivity index (χ4v) is 6.23. The van der Waals surface area contributed by atoms with Gasteiger partial charge in [0.2, 0.25) is 5.91 Å². The monoisotopic (exact) mass is 470 g/mol. The molecule has 0 aliphatic rings. The molecule has 0 fully saturated rings. The Kier molecular flexibility index (Phi) is 7.05. The van der Waals surface area contributed by atoms with Crippen LogP contribution in [0.25, 0.3) is 10.2 Å². The predicted octanol–water partition coefficient (Wildman–Crippen LogP) is 4.72. The number of rotatable bonds is 8. The van der Waals surface area contributed by atoms with Crippen molar-refractivity contribution < 1.29 is 17.9 Å². The Morgan fingerprint density at radius 1 is 1.28 bits per heavy atom. The maximum atomic E-state index is 12.7. The van der Waals surface area contributed by atoms with E-state index in [1.165, 1.54) is 54.5 Å². The molecule has 0 saturated carbocycles. The SMILES string of the molecule is CCCC(Sc1nc2cc(Cl)ccc2s1)C(=O)NS(=O)(=O)c1ccc(OC)cc1. The smallest absolute Gasteiger partial charge is 0.264 e. The van der Waals surface area contributed by atoms with Gasteiger partial charge in [-0.2, -0.15) is 0 Å². The number of hydrogen-bond acceptors (Lipinski definition) is 7. The minimum Gasteiger partial charge on any atom is -0.497 e. The molecule has 3 aromatic rings. The third-order valence-corrected chi connectivity index (χ3v) is 8.02. The van der Waals surface area contributed by atoms with E-state index in [4.69, 9.17) is 16.3 Å². The van der Waals surface area contributed by atoms with Gasteiger partial charge in [-0.15, -0.1) is 11.3 Å². The van der Waals surface area contributed by atoms with Crippen LogP contribution in [0.1, 0.15) is 19.8 Å². The summed E-state index contributed by atoms with van der Waals surface area (Å²) in [6, 6.07) is 11.3. The molecule has 1 unspecified atom stereocenters. The quantitative estimate of drug-likeness (QED) is 0.479. The van der Waals surface area contributed by atoms with Gasteiger partial charge in [0.15, 0.2) is 4.34 Å². The molecule has 1 atom stereocenters. The van der Waals surface area contributed by atoms with E-state index in [1.807, 2.05) is 13.0 Å². The second kappa shape index (κ2) is 9.34. The second-order valence-electron chi connectivity index (χ2n) is 6.13. The molecule has 0 bridgehead atoms. The van der Waals surface area contributed by atoms with Crippen LogP contribution in [-0.2, 0) is 14.8 Å². The van der Waals surface area contributed by atoms with E-state index in [0.717, 1.165) is 16.6 Å². The Balaban J connectivity index is 1.77. The molecule has 0 spiro atoms. The summed E-state index contributed by atoms with van der Waals surface area (Å²) in [7, 11) is -2.48.